The molecule has 0 amide bonds. The molecule has 6 heterocycles. The second-order valence-electron chi connectivity index (χ2n) is 12.7. The summed E-state index contributed by atoms with van der Waals surface area (Å²) < 4.78 is 54.1. The second-order valence-corrected chi connectivity index (χ2v) is 12.7. The Kier molecular flexibility index (Phi) is 7.50. The fraction of sp³-hybridized carbons (Fsp3) is 0.516. The van der Waals surface area contributed by atoms with Gasteiger partial charge in [-0.3, -0.25) is 9.58 Å². The zero-order valence-electron chi connectivity index (χ0n) is 24.8. The lowest BCUT2D eigenvalue weighted by atomic mass is 9.69. The van der Waals surface area contributed by atoms with Crippen LogP contribution in [0.4, 0.5) is 13.2 Å². The van der Waals surface area contributed by atoms with E-state index in [0.29, 0.717) is 38.0 Å². The van der Waals surface area contributed by atoms with E-state index in [1.807, 2.05) is 30.1 Å². The maximum atomic E-state index is 13.6. The smallest absolute Gasteiger partial charge is 0.433 e. The number of halogens is 3. The summed E-state index contributed by atoms with van der Waals surface area (Å²) in [5, 5.41) is 18.5. The van der Waals surface area contributed by atoms with Gasteiger partial charge in [-0.25, -0.2) is 15.0 Å². The van der Waals surface area contributed by atoms with Crippen LogP contribution in [-0.2, 0) is 23.0 Å². The number of pyridine rings is 1. The predicted molar refractivity (Wildman–Crippen MR) is 157 cm³/mol. The van der Waals surface area contributed by atoms with E-state index in [2.05, 4.69) is 41.3 Å². The minimum atomic E-state index is -4.57. The minimum absolute atomic E-state index is 0.00172. The number of aromatic amines is 1. The second kappa shape index (κ2) is 11.4. The van der Waals surface area contributed by atoms with E-state index >= 15 is 0 Å². The van der Waals surface area contributed by atoms with E-state index < -0.39 is 17.4 Å². The molecule has 1 aliphatic carbocycles. The number of hydrogen-bond acceptors (Lipinski definition) is 9. The van der Waals surface area contributed by atoms with Gasteiger partial charge in [-0.2, -0.15) is 23.5 Å². The Morgan fingerprint density at radius 3 is 2.71 bits per heavy atom. The number of likely N-dealkylation sites (tertiary alicyclic amines) is 1. The highest BCUT2D eigenvalue weighted by Gasteiger charge is 2.49. The number of fused-ring (bicyclic) bond motifs is 1. The van der Waals surface area contributed by atoms with Crippen molar-refractivity contribution in [2.75, 3.05) is 26.3 Å². The van der Waals surface area contributed by atoms with Crippen LogP contribution in [0.1, 0.15) is 50.3 Å². The number of ether oxygens (including phenoxy) is 2. The number of nitrogens with one attached hydrogen (secondary N) is 2. The Morgan fingerprint density at radius 2 is 2.00 bits per heavy atom. The first kappa shape index (κ1) is 29.6. The van der Waals surface area contributed by atoms with Gasteiger partial charge in [0.25, 0.3) is 0 Å². The van der Waals surface area contributed by atoms with Crippen LogP contribution in [0.25, 0.3) is 22.3 Å². The number of nitriles is 1. The Balaban J connectivity index is 0.977. The summed E-state index contributed by atoms with van der Waals surface area (Å²) in [4.78, 5) is 18.0. The number of alkyl halides is 3. The molecule has 1 saturated carbocycles. The molecule has 0 unspecified atom stereocenters. The molecule has 2 saturated heterocycles. The molecule has 4 aromatic heterocycles. The summed E-state index contributed by atoms with van der Waals surface area (Å²) in [6.45, 7) is 4.79. The van der Waals surface area contributed by atoms with Gasteiger partial charge in [0, 0.05) is 55.1 Å². The molecule has 0 aromatic carbocycles. The van der Waals surface area contributed by atoms with Gasteiger partial charge in [0.2, 0.25) is 5.88 Å². The van der Waals surface area contributed by atoms with Crippen LogP contribution in [0.5, 0.6) is 5.88 Å². The molecule has 3 fully saturated rings. The molecule has 4 aromatic rings. The zero-order chi connectivity index (χ0) is 31.2. The quantitative estimate of drug-likeness (QED) is 0.279. The van der Waals surface area contributed by atoms with Crippen molar-refractivity contribution >= 4 is 11.0 Å². The monoisotopic (exact) mass is 621 g/mol. The van der Waals surface area contributed by atoms with E-state index in [4.69, 9.17) is 9.47 Å². The van der Waals surface area contributed by atoms with E-state index in [9.17, 15) is 18.4 Å². The molecule has 7 rings (SSSR count). The van der Waals surface area contributed by atoms with Crippen LogP contribution in [0.3, 0.4) is 0 Å². The van der Waals surface area contributed by atoms with Gasteiger partial charge in [-0.1, -0.05) is 0 Å². The van der Waals surface area contributed by atoms with E-state index in [1.54, 1.807) is 12.3 Å². The molecule has 11 nitrogen and oxygen atoms in total. The van der Waals surface area contributed by atoms with Gasteiger partial charge < -0.3 is 19.8 Å². The fourth-order valence-corrected chi connectivity index (χ4v) is 6.66. The Labute approximate surface area is 257 Å². The SMILES string of the molecule is CC1(NCc2cc(OC3CCN(C4CC(CC#N)(n5cc(-c6ncnc7[nH]ccc67)cn5)C4)CC3)nc(C(F)(F)F)c2)COC1. The van der Waals surface area contributed by atoms with E-state index in [1.165, 1.54) is 6.33 Å². The molecule has 45 heavy (non-hydrogen) atoms. The van der Waals surface area contributed by atoms with Crippen molar-refractivity contribution in [3.8, 4) is 23.2 Å². The van der Waals surface area contributed by atoms with Gasteiger partial charge in [0.05, 0.1) is 48.7 Å². The normalized spacial score (nSPS) is 23.8. The van der Waals surface area contributed by atoms with Gasteiger partial charge in [-0.05, 0) is 50.3 Å². The predicted octanol–water partition coefficient (Wildman–Crippen LogP) is 4.43. The number of hydrogen-bond donors (Lipinski definition) is 2. The summed E-state index contributed by atoms with van der Waals surface area (Å²) in [6.07, 6.45) is 5.57. The summed E-state index contributed by atoms with van der Waals surface area (Å²) in [5.74, 6) is 0.00172. The topological polar surface area (TPSA) is 130 Å². The van der Waals surface area contributed by atoms with Crippen LogP contribution < -0.4 is 10.1 Å². The standard InChI is InChI=1S/C31H34F3N9O2/c1-29(17-44-18-29)39-14-20-10-25(31(32,33)34)41-26(11-20)45-23-3-8-42(9-4-23)22-12-30(13-22,5-6-35)43-16-21(15-40-43)27-24-2-7-36-28(24)38-19-37-27/h2,7,10-11,15-16,19,22-23,39H,3-5,8-9,12-14,17-18H2,1H3,(H,36,37,38). The van der Waals surface area contributed by atoms with Crippen molar-refractivity contribution in [1.82, 2.24) is 39.9 Å². The van der Waals surface area contributed by atoms with Gasteiger partial charge in [0.1, 0.15) is 23.8 Å². The Bertz CT molecular complexity index is 1710. The third-order valence-electron chi connectivity index (χ3n) is 9.33. The molecule has 0 radical (unpaired) electrons. The third-order valence-corrected chi connectivity index (χ3v) is 9.33. The Morgan fingerprint density at radius 1 is 1.20 bits per heavy atom. The fourth-order valence-electron chi connectivity index (χ4n) is 6.66. The average molecular weight is 622 g/mol. The molecule has 0 atom stereocenters. The van der Waals surface area contributed by atoms with E-state index in [-0.39, 0.29) is 30.1 Å². The maximum Gasteiger partial charge on any atom is 0.433 e. The summed E-state index contributed by atoms with van der Waals surface area (Å²) in [7, 11) is 0. The maximum absolute atomic E-state index is 13.6. The first-order valence-electron chi connectivity index (χ1n) is 15.2. The minimum Gasteiger partial charge on any atom is -0.474 e. The molecule has 14 heteroatoms. The number of piperidine rings is 1. The van der Waals surface area contributed by atoms with Crippen LogP contribution in [0.2, 0.25) is 0 Å². The van der Waals surface area contributed by atoms with Gasteiger partial charge in [0.15, 0.2) is 0 Å². The molecule has 2 aliphatic heterocycles. The first-order chi connectivity index (χ1) is 21.6. The largest absolute Gasteiger partial charge is 0.474 e. The van der Waals surface area contributed by atoms with Gasteiger partial charge in [-0.15, -0.1) is 0 Å². The number of aromatic nitrogens is 6. The number of nitrogens with zero attached hydrogens (tertiary/aromatic N) is 7. The lowest BCUT2D eigenvalue weighted by Gasteiger charge is -2.52. The Hall–Kier alpha value is -4.06. The molecule has 3 aliphatic rings. The van der Waals surface area contributed by atoms with E-state index in [0.717, 1.165) is 54.3 Å². The van der Waals surface area contributed by atoms with Crippen LogP contribution in [-0.4, -0.2) is 78.6 Å². The highest BCUT2D eigenvalue weighted by Crippen LogP contribution is 2.45. The summed E-state index contributed by atoms with van der Waals surface area (Å²) in [6, 6.07) is 7.25. The van der Waals surface area contributed by atoms with Crippen molar-refractivity contribution in [3.63, 3.8) is 0 Å². The number of rotatable bonds is 9. The van der Waals surface area contributed by atoms with Crippen molar-refractivity contribution < 1.29 is 22.6 Å². The van der Waals surface area contributed by atoms with Crippen molar-refractivity contribution in [3.05, 3.63) is 54.4 Å². The third kappa shape index (κ3) is 5.87. The molecule has 0 bridgehead atoms. The van der Waals surface area contributed by atoms with Crippen molar-refractivity contribution in [2.45, 2.75) is 75.0 Å². The molecular weight excluding hydrogens is 587 g/mol. The van der Waals surface area contributed by atoms with Crippen LogP contribution in [0.15, 0.2) is 43.1 Å². The molecular formula is C31H34F3N9O2. The summed E-state index contributed by atoms with van der Waals surface area (Å²) >= 11 is 0. The molecule has 0 spiro atoms. The van der Waals surface area contributed by atoms with Crippen LogP contribution >= 0.6 is 0 Å². The highest BCUT2D eigenvalue weighted by atomic mass is 19.4. The highest BCUT2D eigenvalue weighted by molar-refractivity contribution is 5.90. The van der Waals surface area contributed by atoms with Gasteiger partial charge >= 0.3 is 6.18 Å². The zero-order valence-corrected chi connectivity index (χ0v) is 24.8. The van der Waals surface area contributed by atoms with Crippen LogP contribution in [0, 0.1) is 11.3 Å². The average Bonchev–Trinajstić information content (AvgIpc) is 3.67. The lowest BCUT2D eigenvalue weighted by molar-refractivity contribution is -0.141. The molecule has 2 N–H and O–H groups in total. The molecule has 236 valence electrons. The first-order valence-corrected chi connectivity index (χ1v) is 15.2. The number of H-pyrrole nitrogens is 1. The lowest BCUT2D eigenvalue weighted by Crippen LogP contribution is -2.58. The van der Waals surface area contributed by atoms with Crippen molar-refractivity contribution in [1.29, 1.82) is 5.26 Å². The van der Waals surface area contributed by atoms with Crippen molar-refractivity contribution in [2.24, 2.45) is 0 Å². The summed E-state index contributed by atoms with van der Waals surface area (Å²) in [5.41, 5.74) is 1.29.